The molecule has 0 spiro atoms. The number of halogens is 2. The van der Waals surface area contributed by atoms with Crippen LogP contribution in [0.3, 0.4) is 0 Å². The van der Waals surface area contributed by atoms with E-state index in [1.807, 2.05) is 30.3 Å². The fourth-order valence-electron chi connectivity index (χ4n) is 2.21. The van der Waals surface area contributed by atoms with Crippen molar-refractivity contribution in [3.05, 3.63) is 62.5 Å². The Morgan fingerprint density at radius 2 is 1.86 bits per heavy atom. The lowest BCUT2D eigenvalue weighted by Crippen LogP contribution is -2.32. The molecule has 0 aliphatic carbocycles. The minimum absolute atomic E-state index is 0.0540. The second kappa shape index (κ2) is 7.43. The van der Waals surface area contributed by atoms with Crippen molar-refractivity contribution in [2.24, 2.45) is 5.73 Å². The summed E-state index contributed by atoms with van der Waals surface area (Å²) in [5.74, 6) is 0.801. The summed E-state index contributed by atoms with van der Waals surface area (Å²) < 4.78 is 8.15. The fraction of sp³-hybridized carbons (Fsp3) is 0.294. The van der Waals surface area contributed by atoms with Crippen LogP contribution >= 0.6 is 31.9 Å². The van der Waals surface area contributed by atoms with Crippen LogP contribution in [0.5, 0.6) is 5.75 Å². The van der Waals surface area contributed by atoms with Crippen LogP contribution in [0.25, 0.3) is 0 Å². The van der Waals surface area contributed by atoms with Crippen LogP contribution < -0.4 is 10.5 Å². The minimum Gasteiger partial charge on any atom is -0.483 e. The van der Waals surface area contributed by atoms with E-state index in [2.05, 4.69) is 57.8 Å². The van der Waals surface area contributed by atoms with Gasteiger partial charge in [-0.2, -0.15) is 0 Å². The zero-order chi connectivity index (χ0) is 15.4. The van der Waals surface area contributed by atoms with Gasteiger partial charge in [0.05, 0.1) is 4.47 Å². The molecule has 0 radical (unpaired) electrons. The average molecular weight is 413 g/mol. The Balaban J connectivity index is 2.35. The normalized spacial score (nSPS) is 13.8. The fourth-order valence-corrected chi connectivity index (χ4v) is 3.35. The lowest BCUT2D eigenvalue weighted by atomic mass is 9.97. The molecule has 112 valence electrons. The first-order chi connectivity index (χ1) is 10.0. The van der Waals surface area contributed by atoms with E-state index in [-0.39, 0.29) is 12.1 Å². The smallest absolute Gasteiger partial charge is 0.139 e. The van der Waals surface area contributed by atoms with E-state index >= 15 is 0 Å². The van der Waals surface area contributed by atoms with Gasteiger partial charge >= 0.3 is 0 Å². The maximum Gasteiger partial charge on any atom is 0.139 e. The van der Waals surface area contributed by atoms with Gasteiger partial charge in [0, 0.05) is 10.5 Å². The van der Waals surface area contributed by atoms with Crippen molar-refractivity contribution in [2.75, 3.05) is 0 Å². The third-order valence-electron chi connectivity index (χ3n) is 3.50. The summed E-state index contributed by atoms with van der Waals surface area (Å²) in [4.78, 5) is 0. The summed E-state index contributed by atoms with van der Waals surface area (Å²) in [6.45, 7) is 4.17. The predicted molar refractivity (Wildman–Crippen MR) is 94.7 cm³/mol. The lowest BCUT2D eigenvalue weighted by Gasteiger charge is -2.26. The standard InChI is InChI=1S/C17H19Br2NO/c1-3-15(20)17(13-7-5-4-6-11(13)2)21-16-9-8-12(18)10-14(16)19/h4-10,15,17H,3,20H2,1-2H3. The molecule has 21 heavy (non-hydrogen) atoms. The molecule has 2 N–H and O–H groups in total. The molecule has 0 aliphatic rings. The van der Waals surface area contributed by atoms with Crippen molar-refractivity contribution >= 4 is 31.9 Å². The molecule has 0 aliphatic heterocycles. The zero-order valence-corrected chi connectivity index (χ0v) is 15.3. The van der Waals surface area contributed by atoms with Crippen LogP contribution in [0.1, 0.15) is 30.6 Å². The van der Waals surface area contributed by atoms with Crippen molar-refractivity contribution in [3.63, 3.8) is 0 Å². The van der Waals surface area contributed by atoms with Crippen LogP contribution in [-0.4, -0.2) is 6.04 Å². The molecule has 2 aromatic carbocycles. The number of rotatable bonds is 5. The molecule has 2 unspecified atom stereocenters. The molecule has 0 fully saturated rings. The predicted octanol–water partition coefficient (Wildman–Crippen LogP) is 5.38. The molecule has 4 heteroatoms. The van der Waals surface area contributed by atoms with Gasteiger partial charge in [0.25, 0.3) is 0 Å². The van der Waals surface area contributed by atoms with Gasteiger partial charge in [-0.25, -0.2) is 0 Å². The summed E-state index contributed by atoms with van der Waals surface area (Å²) in [5.41, 5.74) is 8.63. The van der Waals surface area contributed by atoms with Crippen LogP contribution in [0.4, 0.5) is 0 Å². The Kier molecular flexibility index (Phi) is 5.85. The van der Waals surface area contributed by atoms with Crippen LogP contribution in [0.15, 0.2) is 51.4 Å². The summed E-state index contributed by atoms with van der Waals surface area (Å²) in [7, 11) is 0. The van der Waals surface area contributed by atoms with Crippen molar-refractivity contribution in [2.45, 2.75) is 32.4 Å². The quantitative estimate of drug-likeness (QED) is 0.715. The number of hydrogen-bond acceptors (Lipinski definition) is 2. The topological polar surface area (TPSA) is 35.2 Å². The van der Waals surface area contributed by atoms with E-state index in [0.717, 1.165) is 26.7 Å². The van der Waals surface area contributed by atoms with E-state index in [1.54, 1.807) is 0 Å². The highest BCUT2D eigenvalue weighted by Gasteiger charge is 2.22. The van der Waals surface area contributed by atoms with Gasteiger partial charge in [-0.1, -0.05) is 47.1 Å². The Labute approximate surface area is 143 Å². The largest absolute Gasteiger partial charge is 0.483 e. The van der Waals surface area contributed by atoms with Crippen molar-refractivity contribution in [1.29, 1.82) is 0 Å². The minimum atomic E-state index is -0.159. The van der Waals surface area contributed by atoms with Crippen molar-refractivity contribution in [3.8, 4) is 5.75 Å². The molecule has 2 nitrogen and oxygen atoms in total. The highest BCUT2D eigenvalue weighted by molar-refractivity contribution is 9.11. The van der Waals surface area contributed by atoms with Crippen molar-refractivity contribution in [1.82, 2.24) is 0 Å². The molecule has 0 aromatic heterocycles. The summed E-state index contributed by atoms with van der Waals surface area (Å²) >= 11 is 6.99. The van der Waals surface area contributed by atoms with E-state index in [4.69, 9.17) is 10.5 Å². The second-order valence-corrected chi connectivity index (χ2v) is 6.81. The summed E-state index contributed by atoms with van der Waals surface area (Å²) in [6.07, 6.45) is 0.696. The summed E-state index contributed by atoms with van der Waals surface area (Å²) in [5, 5.41) is 0. The van der Waals surface area contributed by atoms with E-state index in [0.29, 0.717) is 0 Å². The van der Waals surface area contributed by atoms with Crippen LogP contribution in [0, 0.1) is 6.92 Å². The van der Waals surface area contributed by atoms with Crippen molar-refractivity contribution < 1.29 is 4.74 Å². The maximum atomic E-state index is 6.30. The highest BCUT2D eigenvalue weighted by Crippen LogP contribution is 2.34. The number of aryl methyl sites for hydroxylation is 1. The van der Waals surface area contributed by atoms with Gasteiger partial charge in [0.2, 0.25) is 0 Å². The molecular formula is C17H19Br2NO. The Hall–Kier alpha value is -0.840. The average Bonchev–Trinajstić information content (AvgIpc) is 2.47. The van der Waals surface area contributed by atoms with Gasteiger partial charge < -0.3 is 10.5 Å². The summed E-state index contributed by atoms with van der Waals surface area (Å²) in [6, 6.07) is 14.1. The molecule has 2 rings (SSSR count). The molecule has 0 saturated carbocycles. The maximum absolute atomic E-state index is 6.30. The van der Waals surface area contributed by atoms with Crippen LogP contribution in [0.2, 0.25) is 0 Å². The molecule has 0 saturated heterocycles. The van der Waals surface area contributed by atoms with E-state index in [1.165, 1.54) is 5.56 Å². The highest BCUT2D eigenvalue weighted by atomic mass is 79.9. The number of benzene rings is 2. The van der Waals surface area contributed by atoms with E-state index in [9.17, 15) is 0 Å². The monoisotopic (exact) mass is 411 g/mol. The van der Waals surface area contributed by atoms with Gasteiger partial charge in [0.1, 0.15) is 11.9 Å². The number of nitrogens with two attached hydrogens (primary N) is 1. The molecule has 0 amide bonds. The zero-order valence-electron chi connectivity index (χ0n) is 12.1. The van der Waals surface area contributed by atoms with Gasteiger partial charge in [-0.15, -0.1) is 0 Å². The first-order valence-electron chi connectivity index (χ1n) is 6.95. The van der Waals surface area contributed by atoms with Crippen LogP contribution in [-0.2, 0) is 0 Å². The third kappa shape index (κ3) is 4.09. The Morgan fingerprint density at radius 3 is 2.48 bits per heavy atom. The van der Waals surface area contributed by atoms with Gasteiger partial charge in [0.15, 0.2) is 0 Å². The van der Waals surface area contributed by atoms with Gasteiger partial charge in [-0.05, 0) is 58.6 Å². The number of hydrogen-bond donors (Lipinski definition) is 1. The molecule has 0 heterocycles. The van der Waals surface area contributed by atoms with Gasteiger partial charge in [-0.3, -0.25) is 0 Å². The lowest BCUT2D eigenvalue weighted by molar-refractivity contribution is 0.169. The third-order valence-corrected chi connectivity index (χ3v) is 4.62. The molecular weight excluding hydrogens is 394 g/mol. The Morgan fingerprint density at radius 1 is 1.14 bits per heavy atom. The number of ether oxygens (including phenoxy) is 1. The first kappa shape index (κ1) is 16.5. The molecule has 2 atom stereocenters. The Bertz CT molecular complexity index is 615. The molecule has 2 aromatic rings. The second-order valence-electron chi connectivity index (χ2n) is 5.04. The SMILES string of the molecule is CCC(N)C(Oc1ccc(Br)cc1Br)c1ccccc1C. The van der Waals surface area contributed by atoms with E-state index < -0.39 is 0 Å². The first-order valence-corrected chi connectivity index (χ1v) is 8.54. The molecule has 0 bridgehead atoms.